The number of nitro groups is 1. The normalized spacial score (nSPS) is 17.4. The Labute approximate surface area is 355 Å². The standard InChI is InChI=1S/C45H50ClN7O6S/c1-50-21-18-35(19-22-50)48-42-16-13-38(29-43(42)53(55)56)60(57,58)49-45(54)40-14-11-36(28-44(40)59-37-12-15-41-32(27-37)17-20-47-41)52-25-23-51(24-26-52)30-33-5-3-2-4-6-39(33)31-7-9-34(46)10-8-31/h7-17,20,27-29,35,47-48H,2-6,18-19,21-26,30H2,1H3,(H,49,54). The molecule has 3 N–H and O–H groups in total. The Kier molecular flexibility index (Phi) is 12.4. The fourth-order valence-corrected chi connectivity index (χ4v) is 9.63. The summed E-state index contributed by atoms with van der Waals surface area (Å²) >= 11 is 6.22. The van der Waals surface area contributed by atoms with Crippen LogP contribution in [-0.4, -0.2) is 92.9 Å². The molecule has 1 aliphatic carbocycles. The van der Waals surface area contributed by atoms with Crippen molar-refractivity contribution in [1.82, 2.24) is 19.5 Å². The van der Waals surface area contributed by atoms with Crippen molar-refractivity contribution in [2.45, 2.75) is 55.9 Å². The number of nitrogens with zero attached hydrogens (tertiary/aromatic N) is 4. The lowest BCUT2D eigenvalue weighted by atomic mass is 9.95. The minimum absolute atomic E-state index is 0.000194. The molecule has 2 aliphatic heterocycles. The minimum Gasteiger partial charge on any atom is -0.456 e. The molecule has 0 atom stereocenters. The van der Waals surface area contributed by atoms with Crippen LogP contribution in [0, 0.1) is 10.1 Å². The highest BCUT2D eigenvalue weighted by Crippen LogP contribution is 2.35. The van der Waals surface area contributed by atoms with E-state index in [1.165, 1.54) is 48.1 Å². The molecular formula is C45H50ClN7O6S. The van der Waals surface area contributed by atoms with E-state index in [2.05, 4.69) is 41.9 Å². The van der Waals surface area contributed by atoms with Crippen LogP contribution in [0.1, 0.15) is 60.9 Å². The largest absolute Gasteiger partial charge is 0.456 e. The van der Waals surface area contributed by atoms with Gasteiger partial charge in [-0.25, -0.2) is 13.1 Å². The van der Waals surface area contributed by atoms with Crippen LogP contribution in [-0.2, 0) is 10.0 Å². The number of piperazine rings is 1. The number of allylic oxidation sites excluding steroid dienone is 1. The van der Waals surface area contributed by atoms with Gasteiger partial charge >= 0.3 is 0 Å². The maximum absolute atomic E-state index is 13.9. The van der Waals surface area contributed by atoms with Crippen LogP contribution in [0.4, 0.5) is 17.1 Å². The van der Waals surface area contributed by atoms with Crippen molar-refractivity contribution in [2.75, 3.05) is 63.1 Å². The second kappa shape index (κ2) is 18.1. The number of aromatic nitrogens is 1. The molecule has 4 aromatic carbocycles. The number of rotatable bonds is 12. The first-order valence-electron chi connectivity index (χ1n) is 20.6. The van der Waals surface area contributed by atoms with Gasteiger partial charge in [0, 0.05) is 78.7 Å². The van der Waals surface area contributed by atoms with E-state index in [1.54, 1.807) is 24.3 Å². The van der Waals surface area contributed by atoms with Gasteiger partial charge in [-0.15, -0.1) is 0 Å². The topological polar surface area (TPSA) is 153 Å². The highest BCUT2D eigenvalue weighted by atomic mass is 35.5. The average Bonchev–Trinajstić information content (AvgIpc) is 3.59. The summed E-state index contributed by atoms with van der Waals surface area (Å²) in [5.41, 5.74) is 5.80. The second-order valence-corrected chi connectivity index (χ2v) is 18.1. The number of carbonyl (C=O) groups is 1. The predicted octanol–water partition coefficient (Wildman–Crippen LogP) is 8.69. The summed E-state index contributed by atoms with van der Waals surface area (Å²) < 4.78 is 35.9. The number of aromatic amines is 1. The second-order valence-electron chi connectivity index (χ2n) is 16.0. The molecule has 60 heavy (non-hydrogen) atoms. The number of nitrogens with one attached hydrogen (secondary N) is 3. The molecule has 13 nitrogen and oxygen atoms in total. The summed E-state index contributed by atoms with van der Waals surface area (Å²) in [6.07, 6.45) is 9.18. The number of H-pyrrole nitrogens is 1. The smallest absolute Gasteiger partial charge is 0.293 e. The molecule has 314 valence electrons. The van der Waals surface area contributed by atoms with Crippen LogP contribution < -0.4 is 19.7 Å². The lowest BCUT2D eigenvalue weighted by molar-refractivity contribution is -0.384. The van der Waals surface area contributed by atoms with E-state index < -0.39 is 25.7 Å². The van der Waals surface area contributed by atoms with Gasteiger partial charge in [0.2, 0.25) is 0 Å². The first kappa shape index (κ1) is 41.3. The summed E-state index contributed by atoms with van der Waals surface area (Å²) in [5.74, 6) is -0.275. The Morgan fingerprint density at radius 2 is 1.67 bits per heavy atom. The van der Waals surface area contributed by atoms with Crippen LogP contribution in [0.3, 0.4) is 0 Å². The molecule has 5 aromatic rings. The molecule has 8 rings (SSSR count). The van der Waals surface area contributed by atoms with Crippen LogP contribution in [0.25, 0.3) is 16.5 Å². The van der Waals surface area contributed by atoms with Gasteiger partial charge in [0.15, 0.2) is 0 Å². The summed E-state index contributed by atoms with van der Waals surface area (Å²) in [7, 11) is -2.51. The van der Waals surface area contributed by atoms with E-state index in [4.69, 9.17) is 16.3 Å². The zero-order valence-corrected chi connectivity index (χ0v) is 35.2. The lowest BCUT2D eigenvalue weighted by Gasteiger charge is -2.37. The molecule has 15 heteroatoms. The Hall–Kier alpha value is -5.41. The molecule has 0 spiro atoms. The number of sulfonamides is 1. The van der Waals surface area contributed by atoms with Gasteiger partial charge in [-0.05, 0) is 130 Å². The van der Waals surface area contributed by atoms with Crippen molar-refractivity contribution < 1.29 is 22.9 Å². The van der Waals surface area contributed by atoms with Crippen molar-refractivity contribution in [1.29, 1.82) is 0 Å². The van der Waals surface area contributed by atoms with Gasteiger partial charge in [-0.2, -0.15) is 0 Å². The van der Waals surface area contributed by atoms with Gasteiger partial charge in [-0.1, -0.05) is 35.7 Å². The molecule has 1 aromatic heterocycles. The summed E-state index contributed by atoms with van der Waals surface area (Å²) in [6.45, 7) is 5.79. The van der Waals surface area contributed by atoms with E-state index in [-0.39, 0.29) is 28.7 Å². The molecule has 0 bridgehead atoms. The average molecular weight is 852 g/mol. The van der Waals surface area contributed by atoms with E-state index in [0.29, 0.717) is 5.75 Å². The van der Waals surface area contributed by atoms with Gasteiger partial charge in [0.1, 0.15) is 17.2 Å². The van der Waals surface area contributed by atoms with Gasteiger partial charge in [-0.3, -0.25) is 19.8 Å². The van der Waals surface area contributed by atoms with Crippen LogP contribution in [0.5, 0.6) is 11.5 Å². The molecule has 3 heterocycles. The van der Waals surface area contributed by atoms with E-state index in [9.17, 15) is 23.3 Å². The Morgan fingerprint density at radius 1 is 0.900 bits per heavy atom. The molecule has 0 saturated carbocycles. The number of hydrogen-bond donors (Lipinski definition) is 3. The number of halogens is 1. The first-order chi connectivity index (χ1) is 29.0. The van der Waals surface area contributed by atoms with Crippen molar-refractivity contribution in [3.8, 4) is 11.5 Å². The minimum atomic E-state index is -4.53. The third-order valence-electron chi connectivity index (χ3n) is 11.9. The Balaban J connectivity index is 1.01. The van der Waals surface area contributed by atoms with Crippen molar-refractivity contribution in [3.63, 3.8) is 0 Å². The molecule has 0 radical (unpaired) electrons. The molecular weight excluding hydrogens is 802 g/mol. The zero-order valence-electron chi connectivity index (χ0n) is 33.7. The lowest BCUT2D eigenvalue weighted by Crippen LogP contribution is -2.47. The summed E-state index contributed by atoms with van der Waals surface area (Å²) in [4.78, 5) is 35.1. The van der Waals surface area contributed by atoms with E-state index in [1.807, 2.05) is 43.6 Å². The highest BCUT2D eigenvalue weighted by Gasteiger charge is 2.28. The SMILES string of the molecule is CN1CCC(Nc2ccc(S(=O)(=O)NC(=O)c3ccc(N4CCN(CC5=C(c6ccc(Cl)cc6)CCCCC5)CC4)cc3Oc3ccc4[nH]ccc4c3)cc2[N+](=O)[O-])CC1. The van der Waals surface area contributed by atoms with Gasteiger partial charge < -0.3 is 24.8 Å². The van der Waals surface area contributed by atoms with E-state index in [0.717, 1.165) is 99.2 Å². The highest BCUT2D eigenvalue weighted by molar-refractivity contribution is 7.90. The van der Waals surface area contributed by atoms with Crippen LogP contribution in [0.15, 0.2) is 102 Å². The fourth-order valence-electron chi connectivity index (χ4n) is 8.51. The fraction of sp³-hybridized carbons (Fsp3) is 0.356. The first-order valence-corrected chi connectivity index (χ1v) is 22.5. The number of benzene rings is 4. The maximum atomic E-state index is 13.9. The monoisotopic (exact) mass is 851 g/mol. The maximum Gasteiger partial charge on any atom is 0.293 e. The molecule has 3 aliphatic rings. The predicted molar refractivity (Wildman–Crippen MR) is 237 cm³/mol. The third kappa shape index (κ3) is 9.63. The number of ether oxygens (including phenoxy) is 1. The molecule has 0 unspecified atom stereocenters. The number of nitro benzene ring substituents is 1. The van der Waals surface area contributed by atoms with Crippen LogP contribution in [0.2, 0.25) is 5.02 Å². The van der Waals surface area contributed by atoms with Crippen molar-refractivity contribution in [3.05, 3.63) is 123 Å². The third-order valence-corrected chi connectivity index (χ3v) is 13.5. The molecule has 2 fully saturated rings. The van der Waals surface area contributed by atoms with Gasteiger partial charge in [0.05, 0.1) is 15.4 Å². The molecule has 2 saturated heterocycles. The Morgan fingerprint density at radius 3 is 2.43 bits per heavy atom. The number of amides is 1. The van der Waals surface area contributed by atoms with Gasteiger partial charge in [0.25, 0.3) is 21.6 Å². The van der Waals surface area contributed by atoms with Crippen molar-refractivity contribution in [2.24, 2.45) is 0 Å². The number of likely N-dealkylation sites (tertiary alicyclic amines) is 1. The summed E-state index contributed by atoms with van der Waals surface area (Å²) in [6, 6.07) is 24.4. The molecule has 1 amide bonds. The number of fused-ring (bicyclic) bond motifs is 1. The number of carbonyl (C=O) groups excluding carboxylic acids is 1. The van der Waals surface area contributed by atoms with Crippen LogP contribution >= 0.6 is 11.6 Å². The summed E-state index contributed by atoms with van der Waals surface area (Å²) in [5, 5.41) is 17.0. The number of hydrogen-bond acceptors (Lipinski definition) is 10. The Bertz CT molecular complexity index is 2510. The van der Waals surface area contributed by atoms with Crippen molar-refractivity contribution >= 4 is 61.1 Å². The zero-order chi connectivity index (χ0) is 41.8. The van der Waals surface area contributed by atoms with E-state index >= 15 is 0 Å². The quantitative estimate of drug-likeness (QED) is 0.0821. The number of anilines is 2. The number of piperidine rings is 1.